The number of phenols is 1. The first-order chi connectivity index (χ1) is 13.4. The number of phenolic OH excluding ortho intramolecular Hbond substituents is 1. The first-order valence-electron chi connectivity index (χ1n) is 8.62. The van der Waals surface area contributed by atoms with Crippen molar-refractivity contribution in [3.8, 4) is 5.75 Å². The summed E-state index contributed by atoms with van der Waals surface area (Å²) in [5.41, 5.74) is 0.217. The van der Waals surface area contributed by atoms with Gasteiger partial charge in [0.05, 0.1) is 5.56 Å². The molecule has 9 heteroatoms. The van der Waals surface area contributed by atoms with Crippen molar-refractivity contribution in [1.29, 1.82) is 0 Å². The average Bonchev–Trinajstić information content (AvgIpc) is 3.08. The van der Waals surface area contributed by atoms with Gasteiger partial charge in [0, 0.05) is 12.5 Å². The van der Waals surface area contributed by atoms with Gasteiger partial charge in [-0.2, -0.15) is 4.98 Å². The maximum absolute atomic E-state index is 13.8. The number of hydrogen-bond acceptors (Lipinski definition) is 4. The third-order valence-corrected chi connectivity index (χ3v) is 4.65. The second-order valence-corrected chi connectivity index (χ2v) is 6.48. The van der Waals surface area contributed by atoms with E-state index >= 15 is 0 Å². The lowest BCUT2D eigenvalue weighted by Gasteiger charge is -2.22. The van der Waals surface area contributed by atoms with Gasteiger partial charge in [-0.15, -0.1) is 5.10 Å². The van der Waals surface area contributed by atoms with Gasteiger partial charge in [0.1, 0.15) is 11.6 Å². The summed E-state index contributed by atoms with van der Waals surface area (Å²) >= 11 is 0. The Labute approximate surface area is 157 Å². The van der Waals surface area contributed by atoms with Crippen LogP contribution in [-0.2, 0) is 6.54 Å². The van der Waals surface area contributed by atoms with Crippen LogP contribution in [0.1, 0.15) is 40.5 Å². The summed E-state index contributed by atoms with van der Waals surface area (Å²) in [4.78, 5) is 16.6. The maximum Gasteiger partial charge on any atom is 0.261 e. The maximum atomic E-state index is 13.8. The molecule has 0 aliphatic carbocycles. The van der Waals surface area contributed by atoms with E-state index in [0.717, 1.165) is 24.5 Å². The fourth-order valence-electron chi connectivity index (χ4n) is 3.33. The van der Waals surface area contributed by atoms with Crippen molar-refractivity contribution in [2.45, 2.75) is 25.3 Å². The molecule has 2 aromatic carbocycles. The number of aryl methyl sites for hydroxylation is 1. The molecule has 0 fully saturated rings. The Morgan fingerprint density at radius 2 is 2.00 bits per heavy atom. The van der Waals surface area contributed by atoms with Gasteiger partial charge >= 0.3 is 0 Å². The molecular formula is C19H15F3N4O2. The zero-order chi connectivity index (χ0) is 19.8. The second-order valence-electron chi connectivity index (χ2n) is 6.48. The van der Waals surface area contributed by atoms with Crippen molar-refractivity contribution in [3.05, 3.63) is 70.8 Å². The lowest BCUT2D eigenvalue weighted by molar-refractivity contribution is 0.102. The quantitative estimate of drug-likeness (QED) is 0.672. The largest absolute Gasteiger partial charge is 0.508 e. The molecule has 3 aromatic rings. The summed E-state index contributed by atoms with van der Waals surface area (Å²) in [6.45, 7) is 0.590. The van der Waals surface area contributed by atoms with Crippen molar-refractivity contribution < 1.29 is 23.1 Å². The lowest BCUT2D eigenvalue weighted by Crippen LogP contribution is -2.18. The highest BCUT2D eigenvalue weighted by Crippen LogP contribution is 2.34. The summed E-state index contributed by atoms with van der Waals surface area (Å²) in [6, 6.07) is 8.34. The highest BCUT2D eigenvalue weighted by Gasteiger charge is 2.27. The van der Waals surface area contributed by atoms with Crippen LogP contribution < -0.4 is 5.32 Å². The number of carbonyl (C=O) groups excluding carboxylic acids is 1. The van der Waals surface area contributed by atoms with Crippen molar-refractivity contribution >= 4 is 11.9 Å². The molecule has 0 spiro atoms. The summed E-state index contributed by atoms with van der Waals surface area (Å²) < 4.78 is 41.9. The van der Waals surface area contributed by atoms with E-state index in [1.807, 2.05) is 6.07 Å². The van der Waals surface area contributed by atoms with E-state index in [1.54, 1.807) is 22.9 Å². The second kappa shape index (κ2) is 6.99. The number of hydrogen-bond donors (Lipinski definition) is 2. The minimum Gasteiger partial charge on any atom is -0.508 e. The van der Waals surface area contributed by atoms with Gasteiger partial charge in [0.2, 0.25) is 5.95 Å². The zero-order valence-electron chi connectivity index (χ0n) is 14.5. The van der Waals surface area contributed by atoms with Gasteiger partial charge in [-0.1, -0.05) is 12.1 Å². The first-order valence-corrected chi connectivity index (χ1v) is 8.62. The van der Waals surface area contributed by atoms with E-state index in [1.165, 1.54) is 0 Å². The highest BCUT2D eigenvalue weighted by molar-refractivity contribution is 6.03. The highest BCUT2D eigenvalue weighted by atomic mass is 19.2. The topological polar surface area (TPSA) is 80.0 Å². The van der Waals surface area contributed by atoms with Crippen LogP contribution in [0.4, 0.5) is 19.1 Å². The fourth-order valence-corrected chi connectivity index (χ4v) is 3.33. The molecule has 2 N–H and O–H groups in total. The average molecular weight is 388 g/mol. The van der Waals surface area contributed by atoms with Crippen LogP contribution in [-0.4, -0.2) is 25.8 Å². The molecule has 4 rings (SSSR count). The lowest BCUT2D eigenvalue weighted by atomic mass is 9.91. The number of benzene rings is 2. The molecule has 1 amide bonds. The van der Waals surface area contributed by atoms with Gasteiger partial charge in [0.25, 0.3) is 5.91 Å². The number of anilines is 1. The Morgan fingerprint density at radius 3 is 2.79 bits per heavy atom. The predicted molar refractivity (Wildman–Crippen MR) is 93.5 cm³/mol. The van der Waals surface area contributed by atoms with Crippen molar-refractivity contribution in [2.75, 3.05) is 5.32 Å². The summed E-state index contributed by atoms with van der Waals surface area (Å²) in [6.07, 6.45) is 1.61. The normalized spacial score (nSPS) is 15.9. The number of nitrogens with zero attached hydrogens (tertiary/aromatic N) is 3. The van der Waals surface area contributed by atoms with Crippen LogP contribution in [0.15, 0.2) is 36.4 Å². The number of aromatic nitrogens is 3. The molecule has 1 aliphatic rings. The molecule has 1 aromatic heterocycles. The van der Waals surface area contributed by atoms with Crippen LogP contribution in [0.2, 0.25) is 0 Å². The van der Waals surface area contributed by atoms with Crippen LogP contribution in [0.5, 0.6) is 5.75 Å². The van der Waals surface area contributed by atoms with Gasteiger partial charge in [0.15, 0.2) is 17.5 Å². The molecule has 0 saturated heterocycles. The van der Waals surface area contributed by atoms with E-state index in [4.69, 9.17) is 0 Å². The van der Waals surface area contributed by atoms with Crippen LogP contribution >= 0.6 is 0 Å². The Bertz CT molecular complexity index is 1070. The fraction of sp³-hybridized carbons (Fsp3) is 0.211. The van der Waals surface area contributed by atoms with Crippen molar-refractivity contribution in [2.24, 2.45) is 0 Å². The number of fused-ring (bicyclic) bond motifs is 1. The standard InChI is InChI=1S/C19H15F3N4O2/c20-14-7-6-13(15(21)16(14)22)18(28)24-19-23-17-12(5-2-8-26(17)25-19)10-3-1-4-11(27)9-10/h1,3-4,6-7,9,12,27H,2,5,8H2,(H,24,25,28). The number of rotatable bonds is 3. The molecule has 1 unspecified atom stereocenters. The number of aromatic hydroxyl groups is 1. The molecule has 1 aliphatic heterocycles. The molecule has 144 valence electrons. The minimum absolute atomic E-state index is 0.0591. The third kappa shape index (κ3) is 3.19. The molecule has 0 saturated carbocycles. The summed E-state index contributed by atoms with van der Waals surface area (Å²) in [7, 11) is 0. The van der Waals surface area contributed by atoms with Crippen molar-refractivity contribution in [3.63, 3.8) is 0 Å². The van der Waals surface area contributed by atoms with Gasteiger partial charge in [-0.25, -0.2) is 17.9 Å². The molecule has 1 atom stereocenters. The molecule has 0 radical (unpaired) electrons. The predicted octanol–water partition coefficient (Wildman–Crippen LogP) is 3.58. The Hall–Kier alpha value is -3.36. The summed E-state index contributed by atoms with van der Waals surface area (Å²) in [5.74, 6) is -5.09. The van der Waals surface area contributed by atoms with E-state index in [0.29, 0.717) is 18.4 Å². The number of nitrogens with one attached hydrogen (secondary N) is 1. The SMILES string of the molecule is O=C(Nc1nc2n(n1)CCCC2c1cccc(O)c1)c1ccc(F)c(F)c1F. The Morgan fingerprint density at radius 1 is 1.18 bits per heavy atom. The van der Waals surface area contributed by atoms with Crippen LogP contribution in [0.25, 0.3) is 0 Å². The molecule has 6 nitrogen and oxygen atoms in total. The number of halogens is 3. The molecular weight excluding hydrogens is 373 g/mol. The Kier molecular flexibility index (Phi) is 4.50. The molecule has 28 heavy (non-hydrogen) atoms. The third-order valence-electron chi connectivity index (χ3n) is 4.65. The van der Waals surface area contributed by atoms with Gasteiger partial charge in [-0.3, -0.25) is 10.1 Å². The summed E-state index contributed by atoms with van der Waals surface area (Å²) in [5, 5.41) is 16.2. The number of carbonyl (C=O) groups is 1. The smallest absolute Gasteiger partial charge is 0.261 e. The van der Waals surface area contributed by atoms with Gasteiger partial charge < -0.3 is 5.11 Å². The number of amides is 1. The van der Waals surface area contributed by atoms with Crippen molar-refractivity contribution in [1.82, 2.24) is 14.8 Å². The van der Waals surface area contributed by atoms with Crippen LogP contribution in [0.3, 0.4) is 0 Å². The first kappa shape index (κ1) is 18.0. The van der Waals surface area contributed by atoms with E-state index in [2.05, 4.69) is 15.4 Å². The molecule has 0 bridgehead atoms. The van der Waals surface area contributed by atoms with E-state index in [-0.39, 0.29) is 17.6 Å². The van der Waals surface area contributed by atoms with E-state index < -0.39 is 28.9 Å². The molecule has 2 heterocycles. The van der Waals surface area contributed by atoms with Gasteiger partial charge in [-0.05, 0) is 42.7 Å². The monoisotopic (exact) mass is 388 g/mol. The Balaban J connectivity index is 1.62. The van der Waals surface area contributed by atoms with E-state index in [9.17, 15) is 23.1 Å². The zero-order valence-corrected chi connectivity index (χ0v) is 14.5. The van der Waals surface area contributed by atoms with Crippen LogP contribution in [0, 0.1) is 17.5 Å². The minimum atomic E-state index is -1.71.